The third-order valence-corrected chi connectivity index (χ3v) is 2.93. The fourth-order valence-corrected chi connectivity index (χ4v) is 1.76. The van der Waals surface area contributed by atoms with Crippen LogP contribution in [0.5, 0.6) is 0 Å². The Balaban J connectivity index is 2.49. The first-order valence-corrected chi connectivity index (χ1v) is 6.34. The van der Waals surface area contributed by atoms with E-state index < -0.39 is 5.97 Å². The van der Waals surface area contributed by atoms with Gasteiger partial charge in [0, 0.05) is 18.7 Å². The van der Waals surface area contributed by atoms with E-state index in [9.17, 15) is 9.59 Å². The van der Waals surface area contributed by atoms with Gasteiger partial charge in [-0.2, -0.15) is 0 Å². The topological polar surface area (TPSA) is 79.3 Å². The molecule has 1 aromatic heterocycles. The Kier molecular flexibility index (Phi) is 5.48. The Hall–Kier alpha value is -1.91. The van der Waals surface area contributed by atoms with E-state index in [0.717, 1.165) is 5.69 Å². The minimum Gasteiger partial charge on any atom is -0.481 e. The number of carboxylic acids is 1. The van der Waals surface area contributed by atoms with Gasteiger partial charge in [-0.25, -0.2) is 0 Å². The van der Waals surface area contributed by atoms with Crippen LogP contribution in [0.2, 0.25) is 0 Å². The Morgan fingerprint density at radius 2 is 2.05 bits per heavy atom. The quantitative estimate of drug-likeness (QED) is 0.822. The lowest BCUT2D eigenvalue weighted by Gasteiger charge is -2.12. The van der Waals surface area contributed by atoms with E-state index >= 15 is 0 Å². The average Bonchev–Trinajstić information content (AvgIpc) is 2.33. The number of rotatable bonds is 6. The molecule has 1 unspecified atom stereocenters. The summed E-state index contributed by atoms with van der Waals surface area (Å²) in [5, 5.41) is 11.4. The minimum absolute atomic E-state index is 0.127. The van der Waals surface area contributed by atoms with Gasteiger partial charge in [0.1, 0.15) is 0 Å². The first kappa shape index (κ1) is 15.1. The third-order valence-electron chi connectivity index (χ3n) is 2.93. The van der Waals surface area contributed by atoms with Crippen molar-refractivity contribution in [1.29, 1.82) is 0 Å². The highest BCUT2D eigenvalue weighted by Gasteiger charge is 2.12. The number of carbonyl (C=O) groups excluding carboxylic acids is 1. The van der Waals surface area contributed by atoms with Crippen molar-refractivity contribution in [2.24, 2.45) is 5.92 Å². The first-order chi connectivity index (χ1) is 8.90. The zero-order valence-corrected chi connectivity index (χ0v) is 11.6. The lowest BCUT2D eigenvalue weighted by atomic mass is 10.1. The van der Waals surface area contributed by atoms with Gasteiger partial charge >= 0.3 is 5.97 Å². The number of aliphatic carboxylic acids is 1. The molecule has 0 radical (unpaired) electrons. The predicted molar refractivity (Wildman–Crippen MR) is 72.1 cm³/mol. The summed E-state index contributed by atoms with van der Waals surface area (Å²) < 4.78 is 0. The summed E-state index contributed by atoms with van der Waals surface area (Å²) in [6, 6.07) is 3.56. The smallest absolute Gasteiger partial charge is 0.303 e. The van der Waals surface area contributed by atoms with Crippen molar-refractivity contribution in [3.8, 4) is 0 Å². The summed E-state index contributed by atoms with van der Waals surface area (Å²) in [6.07, 6.45) is 0.683. The van der Waals surface area contributed by atoms with E-state index in [1.165, 1.54) is 0 Å². The van der Waals surface area contributed by atoms with Crippen LogP contribution in [0.1, 0.15) is 41.5 Å². The minimum atomic E-state index is -0.809. The normalized spacial score (nSPS) is 11.9. The number of hydrogen-bond donors (Lipinski definition) is 2. The van der Waals surface area contributed by atoms with Crippen LogP contribution in [0, 0.1) is 19.8 Å². The number of pyridine rings is 1. The molecule has 1 heterocycles. The molecule has 2 N–H and O–H groups in total. The van der Waals surface area contributed by atoms with Crippen molar-refractivity contribution in [2.45, 2.75) is 33.6 Å². The molecular weight excluding hydrogens is 244 g/mol. The molecule has 0 aliphatic rings. The van der Waals surface area contributed by atoms with Crippen LogP contribution < -0.4 is 5.32 Å². The Bertz CT molecular complexity index is 472. The van der Waals surface area contributed by atoms with E-state index in [2.05, 4.69) is 10.3 Å². The second-order valence-corrected chi connectivity index (χ2v) is 4.83. The van der Waals surface area contributed by atoms with Gasteiger partial charge in [0.2, 0.25) is 0 Å². The maximum Gasteiger partial charge on any atom is 0.303 e. The molecule has 0 aromatic carbocycles. The van der Waals surface area contributed by atoms with E-state index in [4.69, 9.17) is 5.11 Å². The van der Waals surface area contributed by atoms with Gasteiger partial charge in [-0.15, -0.1) is 0 Å². The lowest BCUT2D eigenvalue weighted by molar-refractivity contribution is -0.137. The van der Waals surface area contributed by atoms with Crippen molar-refractivity contribution < 1.29 is 14.7 Å². The zero-order chi connectivity index (χ0) is 14.4. The molecule has 0 aliphatic heterocycles. The fraction of sp³-hybridized carbons (Fsp3) is 0.500. The number of carboxylic acid groups (broad SMARTS) is 1. The maximum atomic E-state index is 12.0. The van der Waals surface area contributed by atoms with Crippen LogP contribution in [0.15, 0.2) is 12.1 Å². The molecule has 1 atom stereocenters. The summed E-state index contributed by atoms with van der Waals surface area (Å²) in [5.41, 5.74) is 2.15. The molecule has 5 nitrogen and oxygen atoms in total. The summed E-state index contributed by atoms with van der Waals surface area (Å²) in [6.45, 7) is 6.07. The van der Waals surface area contributed by atoms with Gasteiger partial charge in [-0.1, -0.05) is 6.92 Å². The summed E-state index contributed by atoms with van der Waals surface area (Å²) in [7, 11) is 0. The van der Waals surface area contributed by atoms with Crippen molar-refractivity contribution in [3.05, 3.63) is 29.1 Å². The highest BCUT2D eigenvalue weighted by atomic mass is 16.4. The molecule has 1 amide bonds. The van der Waals surface area contributed by atoms with E-state index in [1.54, 1.807) is 19.1 Å². The Labute approximate surface area is 113 Å². The second-order valence-electron chi connectivity index (χ2n) is 4.83. The molecule has 1 rings (SSSR count). The van der Waals surface area contributed by atoms with Crippen LogP contribution in [0.25, 0.3) is 0 Å². The molecule has 1 aromatic rings. The van der Waals surface area contributed by atoms with Crippen LogP contribution in [0.3, 0.4) is 0 Å². The lowest BCUT2D eigenvalue weighted by Crippen LogP contribution is -2.29. The number of nitrogens with one attached hydrogen (secondary N) is 1. The number of nitrogens with zero attached hydrogens (tertiary/aromatic N) is 1. The average molecular weight is 264 g/mol. The summed E-state index contributed by atoms with van der Waals surface area (Å²) in [4.78, 5) is 26.6. The number of amides is 1. The first-order valence-electron chi connectivity index (χ1n) is 6.34. The third kappa shape index (κ3) is 5.07. The highest BCUT2D eigenvalue weighted by molar-refractivity contribution is 5.95. The van der Waals surface area contributed by atoms with Gasteiger partial charge in [-0.3, -0.25) is 14.6 Å². The summed E-state index contributed by atoms with van der Waals surface area (Å²) >= 11 is 0. The van der Waals surface area contributed by atoms with Crippen LogP contribution in [0.4, 0.5) is 0 Å². The number of hydrogen-bond acceptors (Lipinski definition) is 3. The molecule has 0 spiro atoms. The van der Waals surface area contributed by atoms with Gasteiger partial charge in [0.25, 0.3) is 5.91 Å². The van der Waals surface area contributed by atoms with Crippen molar-refractivity contribution in [3.63, 3.8) is 0 Å². The molecule has 0 aliphatic carbocycles. The predicted octanol–water partition coefficient (Wildman–Crippen LogP) is 1.93. The molecule has 0 fully saturated rings. The maximum absolute atomic E-state index is 12.0. The Morgan fingerprint density at radius 3 is 2.63 bits per heavy atom. The largest absolute Gasteiger partial charge is 0.481 e. The van der Waals surface area contributed by atoms with Crippen molar-refractivity contribution >= 4 is 11.9 Å². The number of aryl methyl sites for hydroxylation is 2. The van der Waals surface area contributed by atoms with Crippen molar-refractivity contribution in [1.82, 2.24) is 10.3 Å². The standard InChI is InChI=1S/C14H20N2O3/c1-9(4-7-13(17)18)8-15-14(19)12-6-5-10(2)16-11(12)3/h5-6,9H,4,7-8H2,1-3H3,(H,15,19)(H,17,18). The fourth-order valence-electron chi connectivity index (χ4n) is 1.76. The van der Waals surface area contributed by atoms with Crippen LogP contribution >= 0.6 is 0 Å². The van der Waals surface area contributed by atoms with Gasteiger partial charge in [0.05, 0.1) is 11.3 Å². The molecule has 0 saturated heterocycles. The van der Waals surface area contributed by atoms with Gasteiger partial charge in [-0.05, 0) is 38.3 Å². The number of aromatic nitrogens is 1. The monoisotopic (exact) mass is 264 g/mol. The van der Waals surface area contributed by atoms with Crippen LogP contribution in [-0.4, -0.2) is 28.5 Å². The molecule has 0 bridgehead atoms. The molecule has 104 valence electrons. The number of carbonyl (C=O) groups is 2. The second kappa shape index (κ2) is 6.87. The summed E-state index contributed by atoms with van der Waals surface area (Å²) in [5.74, 6) is -0.831. The Morgan fingerprint density at radius 1 is 1.37 bits per heavy atom. The van der Waals surface area contributed by atoms with E-state index in [1.807, 2.05) is 13.8 Å². The molecular formula is C14H20N2O3. The zero-order valence-electron chi connectivity index (χ0n) is 11.6. The van der Waals surface area contributed by atoms with Gasteiger partial charge < -0.3 is 10.4 Å². The van der Waals surface area contributed by atoms with Gasteiger partial charge in [0.15, 0.2) is 0 Å². The van der Waals surface area contributed by atoms with E-state index in [-0.39, 0.29) is 18.2 Å². The molecule has 5 heteroatoms. The molecule has 19 heavy (non-hydrogen) atoms. The SMILES string of the molecule is Cc1ccc(C(=O)NCC(C)CCC(=O)O)c(C)n1. The molecule has 0 saturated carbocycles. The van der Waals surface area contributed by atoms with E-state index in [0.29, 0.717) is 24.2 Å². The van der Waals surface area contributed by atoms with Crippen molar-refractivity contribution in [2.75, 3.05) is 6.54 Å². The highest BCUT2D eigenvalue weighted by Crippen LogP contribution is 2.08. The van der Waals surface area contributed by atoms with Crippen LogP contribution in [-0.2, 0) is 4.79 Å².